The van der Waals surface area contributed by atoms with Crippen LogP contribution in [0.25, 0.3) is 11.2 Å². The van der Waals surface area contributed by atoms with E-state index in [4.69, 9.17) is 5.73 Å². The molecule has 0 aromatic carbocycles. The summed E-state index contributed by atoms with van der Waals surface area (Å²) < 4.78 is 26.8. The van der Waals surface area contributed by atoms with E-state index in [1.807, 2.05) is 4.57 Å². The number of anilines is 1. The Morgan fingerprint density at radius 3 is 2.85 bits per heavy atom. The summed E-state index contributed by atoms with van der Waals surface area (Å²) in [7, 11) is -3.01. The Morgan fingerprint density at radius 2 is 2.10 bits per heavy atom. The highest BCUT2D eigenvalue weighted by Gasteiger charge is 2.27. The van der Waals surface area contributed by atoms with Crippen LogP contribution in [0.2, 0.25) is 0 Å². The van der Waals surface area contributed by atoms with Crippen LogP contribution >= 0.6 is 0 Å². The van der Waals surface area contributed by atoms with E-state index in [0.29, 0.717) is 43.0 Å². The lowest BCUT2D eigenvalue weighted by Crippen LogP contribution is -2.27. The minimum Gasteiger partial charge on any atom is -0.382 e. The molecule has 1 fully saturated rings. The van der Waals surface area contributed by atoms with Crippen molar-refractivity contribution in [2.75, 3.05) is 24.6 Å². The molecule has 2 aromatic heterocycles. The molecule has 3 heterocycles. The molecule has 0 atom stereocenters. The van der Waals surface area contributed by atoms with Gasteiger partial charge in [0.25, 0.3) is 0 Å². The smallest absolute Gasteiger partial charge is 0.214 e. The van der Waals surface area contributed by atoms with Crippen molar-refractivity contribution in [2.24, 2.45) is 0 Å². The summed E-state index contributed by atoms with van der Waals surface area (Å²) in [5.41, 5.74) is 6.99. The fraction of sp³-hybridized carbons (Fsp3) is 0.545. The number of hydrogen-bond acceptors (Lipinski definition) is 6. The third-order valence-corrected chi connectivity index (χ3v) is 5.40. The van der Waals surface area contributed by atoms with Gasteiger partial charge < -0.3 is 10.3 Å². The van der Waals surface area contributed by atoms with Crippen LogP contribution in [0.3, 0.4) is 0 Å². The first-order valence-electron chi connectivity index (χ1n) is 6.47. The Balaban J connectivity index is 1.67. The normalized spacial score (nSPS) is 18.8. The van der Waals surface area contributed by atoms with Gasteiger partial charge in [0.15, 0.2) is 11.5 Å². The standard InChI is InChI=1S/C11H16N6O2S/c12-10-9-11(14-7-13-10)16(8-15-9)3-1-4-17-5-2-6-20(17,18)19/h7-8H,1-6H2,(H2,12,13,14). The van der Waals surface area contributed by atoms with Gasteiger partial charge >= 0.3 is 0 Å². The zero-order chi connectivity index (χ0) is 14.2. The van der Waals surface area contributed by atoms with Crippen molar-refractivity contribution in [3.05, 3.63) is 12.7 Å². The van der Waals surface area contributed by atoms with Crippen molar-refractivity contribution in [3.63, 3.8) is 0 Å². The monoisotopic (exact) mass is 296 g/mol. The lowest BCUT2D eigenvalue weighted by molar-refractivity contribution is 0.423. The van der Waals surface area contributed by atoms with E-state index < -0.39 is 10.0 Å². The number of aromatic nitrogens is 4. The number of nitrogen functional groups attached to an aromatic ring is 1. The minimum absolute atomic E-state index is 0.269. The van der Waals surface area contributed by atoms with Crippen LogP contribution in [0.5, 0.6) is 0 Å². The SMILES string of the molecule is Nc1ncnc2c1ncn2CCCN1CCCS1(=O)=O. The molecule has 0 spiro atoms. The summed E-state index contributed by atoms with van der Waals surface area (Å²) in [5.74, 6) is 0.626. The molecule has 2 N–H and O–H groups in total. The molecule has 0 aliphatic carbocycles. The Bertz CT molecular complexity index is 726. The highest BCUT2D eigenvalue weighted by molar-refractivity contribution is 7.89. The van der Waals surface area contributed by atoms with Gasteiger partial charge in [-0.15, -0.1) is 0 Å². The van der Waals surface area contributed by atoms with Crippen molar-refractivity contribution in [3.8, 4) is 0 Å². The topological polar surface area (TPSA) is 107 Å². The van der Waals surface area contributed by atoms with E-state index in [1.54, 1.807) is 10.6 Å². The van der Waals surface area contributed by atoms with E-state index in [0.717, 1.165) is 6.42 Å². The number of rotatable bonds is 4. The fourth-order valence-corrected chi connectivity index (χ4v) is 3.99. The highest BCUT2D eigenvalue weighted by Crippen LogP contribution is 2.16. The average Bonchev–Trinajstić information content (AvgIpc) is 2.95. The third-order valence-electron chi connectivity index (χ3n) is 3.44. The molecule has 20 heavy (non-hydrogen) atoms. The van der Waals surface area contributed by atoms with Crippen molar-refractivity contribution in [1.82, 2.24) is 23.8 Å². The summed E-state index contributed by atoms with van der Waals surface area (Å²) in [6, 6.07) is 0. The zero-order valence-electron chi connectivity index (χ0n) is 10.9. The number of nitrogens with two attached hydrogens (primary N) is 1. The van der Waals surface area contributed by atoms with Gasteiger partial charge in [-0.25, -0.2) is 27.7 Å². The predicted molar refractivity (Wildman–Crippen MR) is 74.3 cm³/mol. The van der Waals surface area contributed by atoms with Gasteiger partial charge in [-0.05, 0) is 12.8 Å². The predicted octanol–water partition coefficient (Wildman–Crippen LogP) is -0.166. The van der Waals surface area contributed by atoms with Crippen molar-refractivity contribution in [1.29, 1.82) is 0 Å². The lowest BCUT2D eigenvalue weighted by atomic mass is 10.4. The molecule has 108 valence electrons. The summed E-state index contributed by atoms with van der Waals surface area (Å²) >= 11 is 0. The van der Waals surface area contributed by atoms with Crippen LogP contribution in [-0.4, -0.2) is 51.1 Å². The molecule has 1 aliphatic heterocycles. The molecule has 2 aromatic rings. The number of nitrogens with zero attached hydrogens (tertiary/aromatic N) is 5. The van der Waals surface area contributed by atoms with E-state index in [-0.39, 0.29) is 5.75 Å². The summed E-state index contributed by atoms with van der Waals surface area (Å²) in [6.07, 6.45) is 4.50. The second-order valence-corrected chi connectivity index (χ2v) is 6.88. The largest absolute Gasteiger partial charge is 0.382 e. The summed E-state index contributed by atoms with van der Waals surface area (Å²) in [4.78, 5) is 12.2. The van der Waals surface area contributed by atoms with Crippen LogP contribution in [-0.2, 0) is 16.6 Å². The summed E-state index contributed by atoms with van der Waals surface area (Å²) in [5, 5.41) is 0. The molecular formula is C11H16N6O2S. The van der Waals surface area contributed by atoms with Gasteiger partial charge in [0.05, 0.1) is 12.1 Å². The minimum atomic E-state index is -3.01. The maximum atomic E-state index is 11.7. The molecular weight excluding hydrogens is 280 g/mol. The number of aryl methyl sites for hydroxylation is 1. The van der Waals surface area contributed by atoms with Gasteiger partial charge in [-0.1, -0.05) is 0 Å². The first kappa shape index (κ1) is 13.3. The Morgan fingerprint density at radius 1 is 1.25 bits per heavy atom. The second-order valence-electron chi connectivity index (χ2n) is 4.79. The zero-order valence-corrected chi connectivity index (χ0v) is 11.8. The van der Waals surface area contributed by atoms with E-state index in [2.05, 4.69) is 15.0 Å². The molecule has 3 rings (SSSR count). The van der Waals surface area contributed by atoms with Gasteiger partial charge in [-0.3, -0.25) is 0 Å². The van der Waals surface area contributed by atoms with E-state index in [1.165, 1.54) is 6.33 Å². The van der Waals surface area contributed by atoms with Crippen molar-refractivity contribution < 1.29 is 8.42 Å². The molecule has 8 nitrogen and oxygen atoms in total. The number of sulfonamides is 1. The molecule has 0 amide bonds. The maximum absolute atomic E-state index is 11.7. The Labute approximate surface area is 116 Å². The van der Waals surface area contributed by atoms with Crippen LogP contribution in [0.15, 0.2) is 12.7 Å². The van der Waals surface area contributed by atoms with Gasteiger partial charge in [0.1, 0.15) is 11.8 Å². The van der Waals surface area contributed by atoms with Crippen LogP contribution in [0.1, 0.15) is 12.8 Å². The third kappa shape index (κ3) is 2.34. The quantitative estimate of drug-likeness (QED) is 0.839. The Kier molecular flexibility index (Phi) is 3.30. The average molecular weight is 296 g/mol. The van der Waals surface area contributed by atoms with Crippen LogP contribution in [0, 0.1) is 0 Å². The van der Waals surface area contributed by atoms with E-state index in [9.17, 15) is 8.42 Å². The lowest BCUT2D eigenvalue weighted by Gasteiger charge is -2.14. The first-order valence-corrected chi connectivity index (χ1v) is 8.08. The highest BCUT2D eigenvalue weighted by atomic mass is 32.2. The van der Waals surface area contributed by atoms with Crippen molar-refractivity contribution >= 4 is 27.0 Å². The van der Waals surface area contributed by atoms with Gasteiger partial charge in [-0.2, -0.15) is 0 Å². The molecule has 0 bridgehead atoms. The van der Waals surface area contributed by atoms with Crippen LogP contribution in [0.4, 0.5) is 5.82 Å². The fourth-order valence-electron chi connectivity index (χ4n) is 2.42. The number of fused-ring (bicyclic) bond motifs is 1. The number of imidazole rings is 1. The second kappa shape index (κ2) is 4.98. The molecule has 9 heteroatoms. The first-order chi connectivity index (χ1) is 9.58. The van der Waals surface area contributed by atoms with Crippen molar-refractivity contribution in [2.45, 2.75) is 19.4 Å². The molecule has 0 saturated carbocycles. The van der Waals surface area contributed by atoms with E-state index >= 15 is 0 Å². The number of hydrogen-bond donors (Lipinski definition) is 1. The molecule has 0 unspecified atom stereocenters. The summed E-state index contributed by atoms with van der Waals surface area (Å²) in [6.45, 7) is 1.81. The molecule has 1 aliphatic rings. The Hall–Kier alpha value is -1.74. The van der Waals surface area contributed by atoms with Gasteiger partial charge in [0.2, 0.25) is 10.0 Å². The molecule has 0 radical (unpaired) electrons. The maximum Gasteiger partial charge on any atom is 0.214 e. The van der Waals surface area contributed by atoms with Crippen LogP contribution < -0.4 is 5.73 Å². The van der Waals surface area contributed by atoms with Gasteiger partial charge in [0, 0.05) is 19.6 Å². The molecule has 1 saturated heterocycles.